The number of aromatic amines is 1. The molecule has 3 nitrogen and oxygen atoms in total. The van der Waals surface area contributed by atoms with Crippen molar-refractivity contribution in [2.24, 2.45) is 0 Å². The van der Waals surface area contributed by atoms with Crippen molar-refractivity contribution in [2.75, 3.05) is 0 Å². The van der Waals surface area contributed by atoms with Crippen molar-refractivity contribution in [1.82, 2.24) is 9.97 Å². The van der Waals surface area contributed by atoms with Gasteiger partial charge in [-0.2, -0.15) is 0 Å². The molecule has 3 rings (SSSR count). The molecule has 17 heavy (non-hydrogen) atoms. The summed E-state index contributed by atoms with van der Waals surface area (Å²) in [5.74, 6) is 0.787. The summed E-state index contributed by atoms with van der Waals surface area (Å²) in [6.45, 7) is 6.20. The highest BCUT2D eigenvalue weighted by atomic mass is 32.1. The highest BCUT2D eigenvalue weighted by Gasteiger charge is 2.23. The molecule has 1 aliphatic rings. The van der Waals surface area contributed by atoms with Gasteiger partial charge in [0.05, 0.1) is 5.39 Å². The molecule has 2 aromatic heterocycles. The predicted octanol–water partition coefficient (Wildman–Crippen LogP) is 2.77. The Hall–Kier alpha value is -1.16. The Morgan fingerprint density at radius 3 is 2.76 bits per heavy atom. The zero-order chi connectivity index (χ0) is 12.2. The zero-order valence-corrected chi connectivity index (χ0v) is 11.2. The van der Waals surface area contributed by atoms with Crippen molar-refractivity contribution in [1.29, 1.82) is 0 Å². The van der Waals surface area contributed by atoms with Crippen molar-refractivity contribution in [3.63, 3.8) is 0 Å². The van der Waals surface area contributed by atoms with E-state index in [0.29, 0.717) is 0 Å². The first kappa shape index (κ1) is 11.0. The van der Waals surface area contributed by atoms with Crippen LogP contribution in [-0.4, -0.2) is 9.97 Å². The molecule has 0 saturated carbocycles. The van der Waals surface area contributed by atoms with Gasteiger partial charge < -0.3 is 4.98 Å². The van der Waals surface area contributed by atoms with E-state index in [9.17, 15) is 4.79 Å². The fraction of sp³-hybridized carbons (Fsp3) is 0.538. The molecular formula is C13H16N2OS. The second kappa shape index (κ2) is 3.42. The van der Waals surface area contributed by atoms with Crippen LogP contribution in [0.15, 0.2) is 4.79 Å². The Morgan fingerprint density at radius 2 is 2.06 bits per heavy atom. The van der Waals surface area contributed by atoms with E-state index in [-0.39, 0.29) is 11.0 Å². The summed E-state index contributed by atoms with van der Waals surface area (Å²) in [6, 6.07) is 0. The molecule has 0 amide bonds. The van der Waals surface area contributed by atoms with Gasteiger partial charge in [-0.25, -0.2) is 4.98 Å². The first-order valence-electron chi connectivity index (χ1n) is 6.02. The summed E-state index contributed by atoms with van der Waals surface area (Å²) in [5.41, 5.74) is 1.18. The monoisotopic (exact) mass is 248 g/mol. The SMILES string of the molecule is CC(C)(C)c1nc2sc3c(c2c(=O)[nH]1)CCC3. The highest BCUT2D eigenvalue weighted by Crippen LogP contribution is 2.35. The number of thiophene rings is 1. The quantitative estimate of drug-likeness (QED) is 0.779. The molecule has 0 radical (unpaired) electrons. The van der Waals surface area contributed by atoms with E-state index in [1.54, 1.807) is 11.3 Å². The maximum absolute atomic E-state index is 12.2. The third-order valence-corrected chi connectivity index (χ3v) is 4.47. The minimum absolute atomic E-state index is 0.0410. The first-order valence-corrected chi connectivity index (χ1v) is 6.83. The first-order chi connectivity index (χ1) is 7.97. The van der Waals surface area contributed by atoms with Crippen LogP contribution in [0.25, 0.3) is 10.2 Å². The van der Waals surface area contributed by atoms with Gasteiger partial charge in [-0.3, -0.25) is 4.79 Å². The van der Waals surface area contributed by atoms with Crippen molar-refractivity contribution in [3.05, 3.63) is 26.6 Å². The fourth-order valence-corrected chi connectivity index (χ4v) is 3.62. The molecular weight excluding hydrogens is 232 g/mol. The van der Waals surface area contributed by atoms with Crippen LogP contribution in [-0.2, 0) is 18.3 Å². The zero-order valence-electron chi connectivity index (χ0n) is 10.4. The Labute approximate surface area is 104 Å². The van der Waals surface area contributed by atoms with Gasteiger partial charge in [0.15, 0.2) is 0 Å². The number of hydrogen-bond donors (Lipinski definition) is 1. The van der Waals surface area contributed by atoms with E-state index in [2.05, 4.69) is 30.7 Å². The van der Waals surface area contributed by atoms with Crippen molar-refractivity contribution in [2.45, 2.75) is 45.4 Å². The molecule has 0 unspecified atom stereocenters. The Bertz CT molecular complexity index is 646. The van der Waals surface area contributed by atoms with Gasteiger partial charge in [-0.15, -0.1) is 11.3 Å². The number of fused-ring (bicyclic) bond motifs is 3. The van der Waals surface area contributed by atoms with Crippen LogP contribution in [0.1, 0.15) is 43.5 Å². The van der Waals surface area contributed by atoms with Gasteiger partial charge >= 0.3 is 0 Å². The molecule has 2 heterocycles. The average Bonchev–Trinajstić information content (AvgIpc) is 2.73. The second-order valence-corrected chi connectivity index (χ2v) is 6.79. The summed E-state index contributed by atoms with van der Waals surface area (Å²) in [5, 5.41) is 0.843. The molecule has 0 bridgehead atoms. The van der Waals surface area contributed by atoms with Gasteiger partial charge in [0.1, 0.15) is 10.7 Å². The smallest absolute Gasteiger partial charge is 0.259 e. The van der Waals surface area contributed by atoms with E-state index in [1.165, 1.54) is 16.9 Å². The Balaban J connectivity index is 2.33. The lowest BCUT2D eigenvalue weighted by atomic mass is 9.96. The standard InChI is InChI=1S/C13H16N2OS/c1-13(2,3)12-14-10(16)9-7-5-4-6-8(7)17-11(9)15-12/h4-6H2,1-3H3,(H,14,15,16). The lowest BCUT2D eigenvalue weighted by Crippen LogP contribution is -2.21. The predicted molar refractivity (Wildman–Crippen MR) is 71.0 cm³/mol. The highest BCUT2D eigenvalue weighted by molar-refractivity contribution is 7.18. The molecule has 4 heteroatoms. The normalized spacial score (nSPS) is 15.5. The number of aryl methyl sites for hydroxylation is 2. The van der Waals surface area contributed by atoms with Crippen LogP contribution in [0.4, 0.5) is 0 Å². The molecule has 1 aliphatic carbocycles. The van der Waals surface area contributed by atoms with Gasteiger partial charge in [0, 0.05) is 10.3 Å². The summed E-state index contributed by atoms with van der Waals surface area (Å²) in [6.07, 6.45) is 3.33. The minimum Gasteiger partial charge on any atom is -0.309 e. The summed E-state index contributed by atoms with van der Waals surface area (Å²) in [7, 11) is 0. The summed E-state index contributed by atoms with van der Waals surface area (Å²) >= 11 is 1.70. The molecule has 0 spiro atoms. The van der Waals surface area contributed by atoms with Crippen LogP contribution in [0, 0.1) is 0 Å². The van der Waals surface area contributed by atoms with E-state index in [4.69, 9.17) is 0 Å². The number of hydrogen-bond acceptors (Lipinski definition) is 3. The van der Waals surface area contributed by atoms with Gasteiger partial charge in [-0.1, -0.05) is 20.8 Å². The maximum Gasteiger partial charge on any atom is 0.259 e. The summed E-state index contributed by atoms with van der Waals surface area (Å²) < 4.78 is 0. The Kier molecular flexibility index (Phi) is 2.20. The molecule has 0 aromatic carbocycles. The van der Waals surface area contributed by atoms with Gasteiger partial charge in [0.2, 0.25) is 0 Å². The van der Waals surface area contributed by atoms with Crippen LogP contribution in [0.3, 0.4) is 0 Å². The molecule has 0 aliphatic heterocycles. The van der Waals surface area contributed by atoms with Gasteiger partial charge in [0.25, 0.3) is 5.56 Å². The topological polar surface area (TPSA) is 45.8 Å². The largest absolute Gasteiger partial charge is 0.309 e. The molecule has 0 atom stereocenters. The van der Waals surface area contributed by atoms with Crippen LogP contribution >= 0.6 is 11.3 Å². The van der Waals surface area contributed by atoms with Crippen molar-refractivity contribution in [3.8, 4) is 0 Å². The van der Waals surface area contributed by atoms with Crippen LogP contribution < -0.4 is 5.56 Å². The van der Waals surface area contributed by atoms with Crippen LogP contribution in [0.5, 0.6) is 0 Å². The lowest BCUT2D eigenvalue weighted by Gasteiger charge is -2.16. The number of nitrogens with zero attached hydrogens (tertiary/aromatic N) is 1. The van der Waals surface area contributed by atoms with E-state index in [1.807, 2.05) is 0 Å². The second-order valence-electron chi connectivity index (χ2n) is 5.70. The molecule has 0 fully saturated rings. The average molecular weight is 248 g/mol. The number of aromatic nitrogens is 2. The fourth-order valence-electron chi connectivity index (χ4n) is 2.36. The van der Waals surface area contributed by atoms with E-state index in [0.717, 1.165) is 28.9 Å². The van der Waals surface area contributed by atoms with E-state index < -0.39 is 0 Å². The maximum atomic E-state index is 12.2. The van der Waals surface area contributed by atoms with Crippen molar-refractivity contribution < 1.29 is 0 Å². The molecule has 90 valence electrons. The van der Waals surface area contributed by atoms with Crippen molar-refractivity contribution >= 4 is 21.6 Å². The number of rotatable bonds is 0. The van der Waals surface area contributed by atoms with E-state index >= 15 is 0 Å². The third kappa shape index (κ3) is 1.62. The van der Waals surface area contributed by atoms with Gasteiger partial charge in [-0.05, 0) is 24.8 Å². The molecule has 0 saturated heterocycles. The molecule has 2 aromatic rings. The third-order valence-electron chi connectivity index (χ3n) is 3.29. The summed E-state index contributed by atoms with van der Waals surface area (Å²) in [4.78, 5) is 22.0. The Morgan fingerprint density at radius 1 is 1.29 bits per heavy atom. The number of H-pyrrole nitrogens is 1. The van der Waals surface area contributed by atoms with Crippen LogP contribution in [0.2, 0.25) is 0 Å². The molecule has 1 N–H and O–H groups in total. The lowest BCUT2D eigenvalue weighted by molar-refractivity contribution is 0.546. The number of nitrogens with one attached hydrogen (secondary N) is 1. The minimum atomic E-state index is -0.109.